The van der Waals surface area contributed by atoms with Crippen LogP contribution >= 0.6 is 0 Å². The SMILES string of the molecule is CCCCCC1CCC(C2CCC(CCC#N)CC2)CC1. The molecule has 0 atom stereocenters. The molecular formula is C20H35N. The van der Waals surface area contributed by atoms with Gasteiger partial charge in [0.25, 0.3) is 0 Å². The molecule has 0 amide bonds. The van der Waals surface area contributed by atoms with Gasteiger partial charge in [-0.15, -0.1) is 0 Å². The van der Waals surface area contributed by atoms with Crippen LogP contribution in [0.4, 0.5) is 0 Å². The fourth-order valence-electron chi connectivity index (χ4n) is 4.85. The molecule has 0 aliphatic heterocycles. The normalized spacial score (nSPS) is 33.5. The second kappa shape index (κ2) is 9.50. The summed E-state index contributed by atoms with van der Waals surface area (Å²) in [7, 11) is 0. The van der Waals surface area contributed by atoms with Crippen molar-refractivity contribution in [2.75, 3.05) is 0 Å². The van der Waals surface area contributed by atoms with Gasteiger partial charge < -0.3 is 0 Å². The molecule has 2 rings (SSSR count). The molecule has 0 heterocycles. The second-order valence-corrected chi connectivity index (χ2v) is 7.75. The Morgan fingerprint density at radius 1 is 0.762 bits per heavy atom. The topological polar surface area (TPSA) is 23.8 Å². The van der Waals surface area contributed by atoms with Gasteiger partial charge in [0.2, 0.25) is 0 Å². The molecule has 0 N–H and O–H groups in total. The van der Waals surface area contributed by atoms with Crippen molar-refractivity contribution in [3.8, 4) is 6.07 Å². The second-order valence-electron chi connectivity index (χ2n) is 7.75. The van der Waals surface area contributed by atoms with Crippen LogP contribution in [0.3, 0.4) is 0 Å². The van der Waals surface area contributed by atoms with E-state index in [4.69, 9.17) is 5.26 Å². The minimum absolute atomic E-state index is 0.776. The number of nitrogens with zero attached hydrogens (tertiary/aromatic N) is 1. The average Bonchev–Trinajstić information content (AvgIpc) is 2.54. The van der Waals surface area contributed by atoms with Crippen molar-refractivity contribution in [2.45, 2.75) is 96.8 Å². The molecule has 1 nitrogen and oxygen atoms in total. The smallest absolute Gasteiger partial charge is 0.0621 e. The summed E-state index contributed by atoms with van der Waals surface area (Å²) in [6, 6.07) is 2.32. The molecule has 0 spiro atoms. The predicted octanol–water partition coefficient (Wildman–Crippen LogP) is 6.48. The van der Waals surface area contributed by atoms with E-state index >= 15 is 0 Å². The highest BCUT2D eigenvalue weighted by Crippen LogP contribution is 2.42. The standard InChI is InChI=1S/C20H35N/c1-2-3-4-6-17-8-12-19(13-9-17)20-14-10-18(11-15-20)7-5-16-21/h17-20H,2-15H2,1H3. The third-order valence-electron chi connectivity index (χ3n) is 6.33. The molecule has 1 heteroatoms. The average molecular weight is 290 g/mol. The molecule has 0 bridgehead atoms. The highest BCUT2D eigenvalue weighted by Gasteiger charge is 2.30. The monoisotopic (exact) mass is 289 g/mol. The summed E-state index contributed by atoms with van der Waals surface area (Å²) in [6.07, 6.45) is 19.5. The first-order chi connectivity index (χ1) is 10.3. The van der Waals surface area contributed by atoms with E-state index in [-0.39, 0.29) is 0 Å². The van der Waals surface area contributed by atoms with Crippen molar-refractivity contribution in [1.82, 2.24) is 0 Å². The molecule has 2 aliphatic carbocycles. The number of hydrogen-bond acceptors (Lipinski definition) is 1. The largest absolute Gasteiger partial charge is 0.198 e. The Hall–Kier alpha value is -0.510. The molecule has 0 aromatic carbocycles. The Bertz CT molecular complexity index is 300. The zero-order chi connectivity index (χ0) is 14.9. The number of nitriles is 1. The van der Waals surface area contributed by atoms with Crippen molar-refractivity contribution < 1.29 is 0 Å². The van der Waals surface area contributed by atoms with E-state index in [0.29, 0.717) is 0 Å². The first-order valence-electron chi connectivity index (χ1n) is 9.70. The van der Waals surface area contributed by atoms with Crippen molar-refractivity contribution in [3.05, 3.63) is 0 Å². The molecule has 0 aromatic rings. The molecule has 0 radical (unpaired) electrons. The maximum Gasteiger partial charge on any atom is 0.0621 e. The molecule has 2 aliphatic rings. The van der Waals surface area contributed by atoms with Gasteiger partial charge in [-0.3, -0.25) is 0 Å². The van der Waals surface area contributed by atoms with Gasteiger partial charge in [0.15, 0.2) is 0 Å². The molecule has 0 unspecified atom stereocenters. The van der Waals surface area contributed by atoms with Gasteiger partial charge in [-0.25, -0.2) is 0 Å². The predicted molar refractivity (Wildman–Crippen MR) is 89.9 cm³/mol. The van der Waals surface area contributed by atoms with Crippen LogP contribution in [0.15, 0.2) is 0 Å². The van der Waals surface area contributed by atoms with Crippen LogP contribution in [-0.2, 0) is 0 Å². The Labute approximate surface area is 132 Å². The Balaban J connectivity index is 1.61. The van der Waals surface area contributed by atoms with Crippen LogP contribution in [0.25, 0.3) is 0 Å². The van der Waals surface area contributed by atoms with E-state index < -0.39 is 0 Å². The van der Waals surface area contributed by atoms with Crippen LogP contribution in [0, 0.1) is 35.0 Å². The van der Waals surface area contributed by atoms with Crippen LogP contribution < -0.4 is 0 Å². The van der Waals surface area contributed by atoms with Gasteiger partial charge in [0, 0.05) is 6.42 Å². The molecule has 0 aromatic heterocycles. The summed E-state index contributed by atoms with van der Waals surface area (Å²) in [5, 5.41) is 8.70. The van der Waals surface area contributed by atoms with Crippen molar-refractivity contribution >= 4 is 0 Å². The van der Waals surface area contributed by atoms with Gasteiger partial charge in [-0.05, 0) is 55.8 Å². The maximum absolute atomic E-state index is 8.70. The van der Waals surface area contributed by atoms with Crippen molar-refractivity contribution in [2.24, 2.45) is 23.7 Å². The van der Waals surface area contributed by atoms with E-state index in [0.717, 1.165) is 36.5 Å². The van der Waals surface area contributed by atoms with E-state index in [1.807, 2.05) is 0 Å². The van der Waals surface area contributed by atoms with Gasteiger partial charge in [0.1, 0.15) is 0 Å². The summed E-state index contributed by atoms with van der Waals surface area (Å²) in [4.78, 5) is 0. The molecule has 2 saturated carbocycles. The van der Waals surface area contributed by atoms with Crippen molar-refractivity contribution in [3.63, 3.8) is 0 Å². The van der Waals surface area contributed by atoms with E-state index in [2.05, 4.69) is 13.0 Å². The third kappa shape index (κ3) is 5.65. The quantitative estimate of drug-likeness (QED) is 0.492. The fourth-order valence-corrected chi connectivity index (χ4v) is 4.85. The van der Waals surface area contributed by atoms with Gasteiger partial charge in [0.05, 0.1) is 6.07 Å². The minimum Gasteiger partial charge on any atom is -0.198 e. The highest BCUT2D eigenvalue weighted by atomic mass is 14.4. The maximum atomic E-state index is 8.70. The first kappa shape index (κ1) is 16.9. The Morgan fingerprint density at radius 2 is 1.29 bits per heavy atom. The Morgan fingerprint density at radius 3 is 1.76 bits per heavy atom. The summed E-state index contributed by atoms with van der Waals surface area (Å²) in [6.45, 7) is 2.31. The van der Waals surface area contributed by atoms with E-state index in [9.17, 15) is 0 Å². The van der Waals surface area contributed by atoms with Crippen LogP contribution in [-0.4, -0.2) is 0 Å². The van der Waals surface area contributed by atoms with Gasteiger partial charge >= 0.3 is 0 Å². The van der Waals surface area contributed by atoms with Crippen LogP contribution in [0.2, 0.25) is 0 Å². The van der Waals surface area contributed by atoms with Crippen LogP contribution in [0.5, 0.6) is 0 Å². The third-order valence-corrected chi connectivity index (χ3v) is 6.33. The lowest BCUT2D eigenvalue weighted by atomic mass is 9.68. The zero-order valence-electron chi connectivity index (χ0n) is 14.2. The van der Waals surface area contributed by atoms with Gasteiger partial charge in [-0.1, -0.05) is 58.3 Å². The van der Waals surface area contributed by atoms with Crippen molar-refractivity contribution in [1.29, 1.82) is 5.26 Å². The fraction of sp³-hybridized carbons (Fsp3) is 0.950. The molecular weight excluding hydrogens is 254 g/mol. The molecule has 2 fully saturated rings. The number of unbranched alkanes of at least 4 members (excludes halogenated alkanes) is 2. The molecule has 0 saturated heterocycles. The lowest BCUT2D eigenvalue weighted by molar-refractivity contribution is 0.141. The van der Waals surface area contributed by atoms with Crippen LogP contribution in [0.1, 0.15) is 96.8 Å². The summed E-state index contributed by atoms with van der Waals surface area (Å²) in [5.74, 6) is 4.00. The highest BCUT2D eigenvalue weighted by molar-refractivity contribution is 4.83. The van der Waals surface area contributed by atoms with E-state index in [1.54, 1.807) is 0 Å². The van der Waals surface area contributed by atoms with Gasteiger partial charge in [-0.2, -0.15) is 5.26 Å². The minimum atomic E-state index is 0.776. The van der Waals surface area contributed by atoms with E-state index in [1.165, 1.54) is 77.0 Å². The summed E-state index contributed by atoms with van der Waals surface area (Å²) >= 11 is 0. The Kier molecular flexibility index (Phi) is 7.62. The zero-order valence-corrected chi connectivity index (χ0v) is 14.2. The summed E-state index contributed by atoms with van der Waals surface area (Å²) < 4.78 is 0. The molecule has 120 valence electrons. The molecule has 21 heavy (non-hydrogen) atoms. The summed E-state index contributed by atoms with van der Waals surface area (Å²) in [5.41, 5.74) is 0. The first-order valence-corrected chi connectivity index (χ1v) is 9.70. The number of rotatable bonds is 7. The number of hydrogen-bond donors (Lipinski definition) is 0. The lowest BCUT2D eigenvalue weighted by Crippen LogP contribution is -2.25. The lowest BCUT2D eigenvalue weighted by Gasteiger charge is -2.38.